The molecule has 0 spiro atoms. The Morgan fingerprint density at radius 2 is 2.30 bits per heavy atom. The second-order valence-electron chi connectivity index (χ2n) is 5.08. The number of hydrogen-bond donors (Lipinski definition) is 1. The number of hydrogen-bond acceptors (Lipinski definition) is 4. The van der Waals surface area contributed by atoms with Crippen LogP contribution in [0.2, 0.25) is 0 Å². The van der Waals surface area contributed by atoms with E-state index >= 15 is 0 Å². The summed E-state index contributed by atoms with van der Waals surface area (Å²) in [5.74, 6) is -0.151. The first-order valence-electron chi connectivity index (χ1n) is 6.84. The number of amides is 1. The topological polar surface area (TPSA) is 63.6 Å². The Kier molecular flexibility index (Phi) is 4.92. The molecule has 0 bridgehead atoms. The summed E-state index contributed by atoms with van der Waals surface area (Å²) in [6.45, 7) is 5.91. The van der Waals surface area contributed by atoms with E-state index in [-0.39, 0.29) is 11.5 Å². The molecule has 0 aromatic carbocycles. The van der Waals surface area contributed by atoms with E-state index in [1.165, 1.54) is 10.6 Å². The zero-order valence-electron chi connectivity index (χ0n) is 12.0. The van der Waals surface area contributed by atoms with Crippen LogP contribution in [0.1, 0.15) is 17.3 Å². The van der Waals surface area contributed by atoms with Crippen molar-refractivity contribution in [1.29, 1.82) is 0 Å². The van der Waals surface area contributed by atoms with Gasteiger partial charge in [-0.15, -0.1) is 0 Å². The van der Waals surface area contributed by atoms with Gasteiger partial charge in [-0.3, -0.25) is 14.5 Å². The second kappa shape index (κ2) is 6.67. The number of ether oxygens (including phenoxy) is 1. The molecule has 1 aliphatic heterocycles. The number of carbonyl (C=O) groups is 1. The van der Waals surface area contributed by atoms with E-state index in [0.717, 1.165) is 26.3 Å². The van der Waals surface area contributed by atoms with Crippen molar-refractivity contribution >= 4 is 5.91 Å². The predicted octanol–water partition coefficient (Wildman–Crippen LogP) is -0.164. The van der Waals surface area contributed by atoms with Crippen molar-refractivity contribution in [3.63, 3.8) is 0 Å². The molecule has 1 fully saturated rings. The molecule has 6 heteroatoms. The fourth-order valence-electron chi connectivity index (χ4n) is 2.24. The lowest BCUT2D eigenvalue weighted by Gasteiger charge is -2.33. The Hall–Kier alpha value is -1.66. The molecule has 0 saturated carbocycles. The van der Waals surface area contributed by atoms with E-state index in [9.17, 15) is 9.59 Å². The molecule has 1 aliphatic rings. The highest BCUT2D eigenvalue weighted by atomic mass is 16.5. The highest BCUT2D eigenvalue weighted by molar-refractivity contribution is 5.93. The summed E-state index contributed by atoms with van der Waals surface area (Å²) in [7, 11) is 1.63. The van der Waals surface area contributed by atoms with Gasteiger partial charge in [0.05, 0.1) is 18.8 Å². The van der Waals surface area contributed by atoms with Gasteiger partial charge in [0.1, 0.15) is 0 Å². The van der Waals surface area contributed by atoms with Crippen molar-refractivity contribution in [2.75, 3.05) is 32.8 Å². The number of aromatic nitrogens is 1. The molecule has 1 aromatic heterocycles. The normalized spacial score (nSPS) is 19.8. The van der Waals surface area contributed by atoms with Gasteiger partial charge < -0.3 is 14.6 Å². The van der Waals surface area contributed by atoms with E-state index in [1.54, 1.807) is 19.3 Å². The SMILES string of the molecule is CC1COCCN1CCNC(=O)c1ccc(=O)n(C)c1. The molecule has 0 aliphatic carbocycles. The summed E-state index contributed by atoms with van der Waals surface area (Å²) in [6, 6.07) is 3.34. The van der Waals surface area contributed by atoms with Gasteiger partial charge in [0, 0.05) is 45.0 Å². The maximum absolute atomic E-state index is 12.0. The lowest BCUT2D eigenvalue weighted by Crippen LogP contribution is -2.46. The first-order valence-corrected chi connectivity index (χ1v) is 6.84. The Labute approximate surface area is 118 Å². The van der Waals surface area contributed by atoms with Crippen molar-refractivity contribution in [2.45, 2.75) is 13.0 Å². The molecule has 20 heavy (non-hydrogen) atoms. The van der Waals surface area contributed by atoms with Gasteiger partial charge in [-0.05, 0) is 13.0 Å². The standard InChI is InChI=1S/C14H21N3O3/c1-11-10-20-8-7-17(11)6-5-15-14(19)12-3-4-13(18)16(2)9-12/h3-4,9,11H,5-8,10H2,1-2H3,(H,15,19). The second-order valence-corrected chi connectivity index (χ2v) is 5.08. The van der Waals surface area contributed by atoms with Crippen LogP contribution in [0.25, 0.3) is 0 Å². The number of pyridine rings is 1. The van der Waals surface area contributed by atoms with E-state index in [0.29, 0.717) is 18.2 Å². The van der Waals surface area contributed by atoms with Crippen LogP contribution in [0.4, 0.5) is 0 Å². The molecule has 1 amide bonds. The van der Waals surface area contributed by atoms with Crippen LogP contribution >= 0.6 is 0 Å². The lowest BCUT2D eigenvalue weighted by atomic mass is 10.2. The predicted molar refractivity (Wildman–Crippen MR) is 75.9 cm³/mol. The van der Waals surface area contributed by atoms with Crippen LogP contribution in [-0.4, -0.2) is 54.3 Å². The molecular formula is C14H21N3O3. The third-order valence-electron chi connectivity index (χ3n) is 3.54. The fraction of sp³-hybridized carbons (Fsp3) is 0.571. The number of morpholine rings is 1. The summed E-state index contributed by atoms with van der Waals surface area (Å²) in [5.41, 5.74) is 0.380. The number of nitrogens with one attached hydrogen (secondary N) is 1. The van der Waals surface area contributed by atoms with Crippen LogP contribution in [0.15, 0.2) is 23.1 Å². The van der Waals surface area contributed by atoms with Crippen LogP contribution < -0.4 is 10.9 Å². The first kappa shape index (κ1) is 14.7. The maximum Gasteiger partial charge on any atom is 0.252 e. The van der Waals surface area contributed by atoms with Gasteiger partial charge in [0.25, 0.3) is 5.91 Å². The minimum Gasteiger partial charge on any atom is -0.379 e. The van der Waals surface area contributed by atoms with E-state index in [4.69, 9.17) is 4.74 Å². The number of nitrogens with zero attached hydrogens (tertiary/aromatic N) is 2. The van der Waals surface area contributed by atoms with Gasteiger partial charge in [-0.2, -0.15) is 0 Å². The average Bonchev–Trinajstić information content (AvgIpc) is 2.44. The quantitative estimate of drug-likeness (QED) is 0.831. The third-order valence-corrected chi connectivity index (χ3v) is 3.54. The molecule has 1 saturated heterocycles. The minimum absolute atomic E-state index is 0.122. The fourth-order valence-corrected chi connectivity index (χ4v) is 2.24. The Morgan fingerprint density at radius 3 is 3.00 bits per heavy atom. The summed E-state index contributed by atoms with van der Waals surface area (Å²) in [5, 5.41) is 2.88. The highest BCUT2D eigenvalue weighted by Crippen LogP contribution is 2.04. The average molecular weight is 279 g/mol. The largest absolute Gasteiger partial charge is 0.379 e. The molecule has 0 radical (unpaired) electrons. The smallest absolute Gasteiger partial charge is 0.252 e. The molecule has 1 N–H and O–H groups in total. The molecular weight excluding hydrogens is 258 g/mol. The van der Waals surface area contributed by atoms with Gasteiger partial charge in [-0.1, -0.05) is 0 Å². The van der Waals surface area contributed by atoms with E-state index < -0.39 is 0 Å². The van der Waals surface area contributed by atoms with Crippen molar-refractivity contribution in [3.05, 3.63) is 34.2 Å². The maximum atomic E-state index is 12.0. The molecule has 1 atom stereocenters. The Morgan fingerprint density at radius 1 is 1.50 bits per heavy atom. The zero-order chi connectivity index (χ0) is 14.5. The summed E-state index contributed by atoms with van der Waals surface area (Å²) < 4.78 is 6.77. The Balaban J connectivity index is 1.82. The van der Waals surface area contributed by atoms with Crippen molar-refractivity contribution in [1.82, 2.24) is 14.8 Å². The van der Waals surface area contributed by atoms with Crippen LogP contribution in [0.5, 0.6) is 0 Å². The van der Waals surface area contributed by atoms with E-state index in [1.807, 2.05) is 0 Å². The molecule has 1 unspecified atom stereocenters. The van der Waals surface area contributed by atoms with E-state index in [2.05, 4.69) is 17.1 Å². The van der Waals surface area contributed by atoms with Gasteiger partial charge in [0.2, 0.25) is 5.56 Å². The van der Waals surface area contributed by atoms with Crippen molar-refractivity contribution < 1.29 is 9.53 Å². The monoisotopic (exact) mass is 279 g/mol. The number of aryl methyl sites for hydroxylation is 1. The number of rotatable bonds is 4. The van der Waals surface area contributed by atoms with Crippen LogP contribution in [-0.2, 0) is 11.8 Å². The number of carbonyl (C=O) groups excluding carboxylic acids is 1. The Bertz CT molecular complexity index is 527. The minimum atomic E-state index is -0.151. The molecule has 110 valence electrons. The zero-order valence-corrected chi connectivity index (χ0v) is 12.0. The van der Waals surface area contributed by atoms with Gasteiger partial charge in [-0.25, -0.2) is 0 Å². The molecule has 2 rings (SSSR count). The van der Waals surface area contributed by atoms with Crippen molar-refractivity contribution in [2.24, 2.45) is 7.05 Å². The first-order chi connectivity index (χ1) is 9.58. The van der Waals surface area contributed by atoms with Gasteiger partial charge in [0.15, 0.2) is 0 Å². The summed E-state index contributed by atoms with van der Waals surface area (Å²) >= 11 is 0. The lowest BCUT2D eigenvalue weighted by molar-refractivity contribution is 0.000539. The third kappa shape index (κ3) is 3.68. The summed E-state index contributed by atoms with van der Waals surface area (Å²) in [6.07, 6.45) is 1.55. The van der Waals surface area contributed by atoms with Gasteiger partial charge >= 0.3 is 0 Å². The highest BCUT2D eigenvalue weighted by Gasteiger charge is 2.18. The molecule has 2 heterocycles. The molecule has 1 aromatic rings. The summed E-state index contributed by atoms with van der Waals surface area (Å²) in [4.78, 5) is 25.5. The van der Waals surface area contributed by atoms with Crippen molar-refractivity contribution in [3.8, 4) is 0 Å². The molecule has 6 nitrogen and oxygen atoms in total. The van der Waals surface area contributed by atoms with Crippen LogP contribution in [0.3, 0.4) is 0 Å². The van der Waals surface area contributed by atoms with Crippen LogP contribution in [0, 0.1) is 0 Å².